The van der Waals surface area contributed by atoms with Crippen molar-refractivity contribution in [2.24, 2.45) is 5.92 Å². The molecular weight excluding hydrogens is 194 g/mol. The van der Waals surface area contributed by atoms with Crippen molar-refractivity contribution in [2.45, 2.75) is 45.6 Å². The first kappa shape index (κ1) is 11.7. The Balaban J connectivity index is 2.21. The fraction of sp³-hybridized carbons (Fsp3) is 0.600. The Morgan fingerprint density at radius 1 is 1.25 bits per heavy atom. The van der Waals surface area contributed by atoms with Gasteiger partial charge in [0.25, 0.3) is 0 Å². The second-order valence-electron chi connectivity index (χ2n) is 5.22. The molecule has 1 aromatic carbocycles. The van der Waals surface area contributed by atoms with Gasteiger partial charge in [0.15, 0.2) is 0 Å². The van der Waals surface area contributed by atoms with Gasteiger partial charge in [0, 0.05) is 6.04 Å². The van der Waals surface area contributed by atoms with E-state index < -0.39 is 0 Å². The maximum atomic E-state index is 3.67. The summed E-state index contributed by atoms with van der Waals surface area (Å²) in [5.74, 6) is 1.49. The molecule has 1 aliphatic carbocycles. The number of hydrogen-bond acceptors (Lipinski definition) is 1. The van der Waals surface area contributed by atoms with Gasteiger partial charge in [-0.25, -0.2) is 0 Å². The average molecular weight is 217 g/mol. The van der Waals surface area contributed by atoms with Crippen LogP contribution in [0.4, 0.5) is 0 Å². The molecule has 88 valence electrons. The highest BCUT2D eigenvalue weighted by molar-refractivity contribution is 5.38. The first-order valence-electron chi connectivity index (χ1n) is 6.56. The van der Waals surface area contributed by atoms with Crippen LogP contribution in [0.15, 0.2) is 24.3 Å². The van der Waals surface area contributed by atoms with Crippen LogP contribution >= 0.6 is 0 Å². The fourth-order valence-corrected chi connectivity index (χ4v) is 2.82. The van der Waals surface area contributed by atoms with Crippen LogP contribution in [0, 0.1) is 5.92 Å². The van der Waals surface area contributed by atoms with E-state index in [2.05, 4.69) is 50.4 Å². The van der Waals surface area contributed by atoms with Crippen LogP contribution in [0.5, 0.6) is 0 Å². The van der Waals surface area contributed by atoms with Gasteiger partial charge in [-0.05, 0) is 42.3 Å². The zero-order chi connectivity index (χ0) is 11.5. The van der Waals surface area contributed by atoms with Crippen LogP contribution in [0.3, 0.4) is 0 Å². The van der Waals surface area contributed by atoms with Crippen LogP contribution in [0.25, 0.3) is 0 Å². The first-order valence-corrected chi connectivity index (χ1v) is 6.56. The van der Waals surface area contributed by atoms with E-state index in [9.17, 15) is 0 Å². The largest absolute Gasteiger partial charge is 0.310 e. The van der Waals surface area contributed by atoms with Crippen molar-refractivity contribution in [3.05, 3.63) is 35.4 Å². The Bertz CT molecular complexity index is 343. The second kappa shape index (κ2) is 5.01. The van der Waals surface area contributed by atoms with E-state index in [-0.39, 0.29) is 0 Å². The molecule has 0 heterocycles. The minimum Gasteiger partial charge on any atom is -0.310 e. The van der Waals surface area contributed by atoms with Gasteiger partial charge in [0.05, 0.1) is 0 Å². The minimum atomic E-state index is 0.587. The maximum Gasteiger partial charge on any atom is 0.0329 e. The van der Waals surface area contributed by atoms with Gasteiger partial charge in [-0.15, -0.1) is 0 Å². The summed E-state index contributed by atoms with van der Waals surface area (Å²) < 4.78 is 0. The number of rotatable bonds is 4. The molecule has 2 atom stereocenters. The molecule has 1 nitrogen and oxygen atoms in total. The third-order valence-corrected chi connectivity index (χ3v) is 3.71. The maximum absolute atomic E-state index is 3.67. The number of nitrogens with one attached hydrogen (secondary N) is 1. The SMILES string of the molecule is CCCNC1CC(C(C)C)c2ccccc21. The Morgan fingerprint density at radius 3 is 2.56 bits per heavy atom. The topological polar surface area (TPSA) is 12.0 Å². The molecule has 2 unspecified atom stereocenters. The predicted octanol–water partition coefficient (Wildman–Crippen LogP) is 3.87. The lowest BCUT2D eigenvalue weighted by molar-refractivity contribution is 0.429. The van der Waals surface area contributed by atoms with Crippen molar-refractivity contribution in [2.75, 3.05) is 6.54 Å². The summed E-state index contributed by atoms with van der Waals surface area (Å²) in [6, 6.07) is 9.54. The standard InChI is InChI=1S/C15H23N/c1-4-9-16-15-10-14(11(2)3)12-7-5-6-8-13(12)15/h5-8,11,14-16H,4,9-10H2,1-3H3. The van der Waals surface area contributed by atoms with Crippen LogP contribution in [0.2, 0.25) is 0 Å². The Hall–Kier alpha value is -0.820. The highest BCUT2D eigenvalue weighted by atomic mass is 14.9. The van der Waals surface area contributed by atoms with E-state index in [4.69, 9.17) is 0 Å². The van der Waals surface area contributed by atoms with Gasteiger partial charge in [-0.2, -0.15) is 0 Å². The molecule has 0 aromatic heterocycles. The summed E-state index contributed by atoms with van der Waals surface area (Å²) in [5.41, 5.74) is 3.11. The molecule has 0 saturated carbocycles. The van der Waals surface area contributed by atoms with Gasteiger partial charge in [0.2, 0.25) is 0 Å². The average Bonchev–Trinajstić information content (AvgIpc) is 2.65. The van der Waals surface area contributed by atoms with Crippen LogP contribution in [-0.2, 0) is 0 Å². The molecule has 16 heavy (non-hydrogen) atoms. The van der Waals surface area contributed by atoms with Crippen LogP contribution < -0.4 is 5.32 Å². The third kappa shape index (κ3) is 2.15. The summed E-state index contributed by atoms with van der Waals surface area (Å²) in [7, 11) is 0. The summed E-state index contributed by atoms with van der Waals surface area (Å²) in [6.45, 7) is 8.03. The Kier molecular flexibility index (Phi) is 3.65. The number of fused-ring (bicyclic) bond motifs is 1. The molecule has 0 bridgehead atoms. The lowest BCUT2D eigenvalue weighted by Crippen LogP contribution is -2.20. The molecule has 2 rings (SSSR count). The molecule has 1 aliphatic rings. The highest BCUT2D eigenvalue weighted by Gasteiger charge is 2.31. The highest BCUT2D eigenvalue weighted by Crippen LogP contribution is 2.43. The van der Waals surface area contributed by atoms with Crippen molar-refractivity contribution < 1.29 is 0 Å². The molecule has 0 saturated heterocycles. The lowest BCUT2D eigenvalue weighted by Gasteiger charge is -2.16. The van der Waals surface area contributed by atoms with Crippen molar-refractivity contribution in [1.82, 2.24) is 5.32 Å². The van der Waals surface area contributed by atoms with E-state index in [1.807, 2.05) is 0 Å². The van der Waals surface area contributed by atoms with Crippen molar-refractivity contribution in [3.8, 4) is 0 Å². The lowest BCUT2D eigenvalue weighted by atomic mass is 9.90. The zero-order valence-electron chi connectivity index (χ0n) is 10.7. The van der Waals surface area contributed by atoms with Gasteiger partial charge >= 0.3 is 0 Å². The monoisotopic (exact) mass is 217 g/mol. The van der Waals surface area contributed by atoms with Crippen LogP contribution in [0.1, 0.15) is 56.7 Å². The third-order valence-electron chi connectivity index (χ3n) is 3.71. The molecule has 0 spiro atoms. The fourth-order valence-electron chi connectivity index (χ4n) is 2.82. The second-order valence-corrected chi connectivity index (χ2v) is 5.22. The van der Waals surface area contributed by atoms with Gasteiger partial charge in [-0.1, -0.05) is 45.0 Å². The van der Waals surface area contributed by atoms with Crippen molar-refractivity contribution in [1.29, 1.82) is 0 Å². The van der Waals surface area contributed by atoms with E-state index in [0.717, 1.165) is 18.4 Å². The smallest absolute Gasteiger partial charge is 0.0329 e. The summed E-state index contributed by atoms with van der Waals surface area (Å²) in [5, 5.41) is 3.67. The Labute approximate surface area is 99.3 Å². The van der Waals surface area contributed by atoms with Crippen molar-refractivity contribution >= 4 is 0 Å². The summed E-state index contributed by atoms with van der Waals surface area (Å²) in [6.07, 6.45) is 2.49. The quantitative estimate of drug-likeness (QED) is 0.807. The molecule has 1 heteroatoms. The first-order chi connectivity index (χ1) is 7.74. The Morgan fingerprint density at radius 2 is 1.94 bits per heavy atom. The van der Waals surface area contributed by atoms with E-state index in [0.29, 0.717) is 6.04 Å². The van der Waals surface area contributed by atoms with Crippen LogP contribution in [-0.4, -0.2) is 6.54 Å². The molecule has 1 aromatic rings. The number of benzene rings is 1. The molecule has 0 amide bonds. The van der Waals surface area contributed by atoms with E-state index >= 15 is 0 Å². The zero-order valence-corrected chi connectivity index (χ0v) is 10.7. The predicted molar refractivity (Wildman–Crippen MR) is 69.7 cm³/mol. The van der Waals surface area contributed by atoms with Gasteiger partial charge in [-0.3, -0.25) is 0 Å². The summed E-state index contributed by atoms with van der Waals surface area (Å²) >= 11 is 0. The number of hydrogen-bond donors (Lipinski definition) is 1. The molecular formula is C15H23N. The van der Waals surface area contributed by atoms with Gasteiger partial charge < -0.3 is 5.32 Å². The molecule has 0 fully saturated rings. The minimum absolute atomic E-state index is 0.587. The summed E-state index contributed by atoms with van der Waals surface area (Å²) in [4.78, 5) is 0. The van der Waals surface area contributed by atoms with Gasteiger partial charge in [0.1, 0.15) is 0 Å². The molecule has 0 radical (unpaired) electrons. The van der Waals surface area contributed by atoms with E-state index in [1.165, 1.54) is 18.4 Å². The normalized spacial score (nSPS) is 23.8. The van der Waals surface area contributed by atoms with Crippen molar-refractivity contribution in [3.63, 3.8) is 0 Å². The molecule has 0 aliphatic heterocycles. The molecule has 1 N–H and O–H groups in total. The van der Waals surface area contributed by atoms with E-state index in [1.54, 1.807) is 5.56 Å².